The standard InChI is InChI=1S/C18H15ClN2O4S/c1-11-10-26-18-20-14(8-16(23)21(11)18)9-25-17(24)7-6-15(22)12-2-4-13(19)5-3-12/h2-5,8,10H,6-7,9H2,1H3. The molecule has 0 atom stereocenters. The zero-order valence-electron chi connectivity index (χ0n) is 13.9. The molecule has 6 nitrogen and oxygen atoms in total. The van der Waals surface area contributed by atoms with Crippen LogP contribution in [-0.2, 0) is 16.1 Å². The third-order valence-corrected chi connectivity index (χ3v) is 4.93. The number of benzene rings is 1. The van der Waals surface area contributed by atoms with Crippen molar-refractivity contribution in [2.75, 3.05) is 0 Å². The zero-order chi connectivity index (χ0) is 18.7. The Labute approximate surface area is 158 Å². The van der Waals surface area contributed by atoms with Crippen LogP contribution in [0, 0.1) is 6.92 Å². The van der Waals surface area contributed by atoms with Crippen molar-refractivity contribution in [3.05, 3.63) is 68.0 Å². The highest BCUT2D eigenvalue weighted by atomic mass is 35.5. The van der Waals surface area contributed by atoms with Crippen molar-refractivity contribution in [2.45, 2.75) is 26.4 Å². The van der Waals surface area contributed by atoms with Gasteiger partial charge in [0.25, 0.3) is 5.56 Å². The third kappa shape index (κ3) is 4.17. The van der Waals surface area contributed by atoms with Gasteiger partial charge in [-0.15, -0.1) is 11.3 Å². The summed E-state index contributed by atoms with van der Waals surface area (Å²) in [7, 11) is 0. The van der Waals surface area contributed by atoms with Gasteiger partial charge in [-0.1, -0.05) is 11.6 Å². The van der Waals surface area contributed by atoms with Gasteiger partial charge in [0.2, 0.25) is 0 Å². The van der Waals surface area contributed by atoms with Crippen LogP contribution >= 0.6 is 22.9 Å². The number of nitrogens with zero attached hydrogens (tertiary/aromatic N) is 2. The van der Waals surface area contributed by atoms with Crippen molar-refractivity contribution in [1.82, 2.24) is 9.38 Å². The molecular weight excluding hydrogens is 376 g/mol. The molecule has 2 aromatic heterocycles. The maximum absolute atomic E-state index is 12.1. The zero-order valence-corrected chi connectivity index (χ0v) is 15.5. The van der Waals surface area contributed by atoms with Crippen LogP contribution in [0.4, 0.5) is 0 Å². The number of rotatable bonds is 6. The van der Waals surface area contributed by atoms with Crippen molar-refractivity contribution < 1.29 is 14.3 Å². The van der Waals surface area contributed by atoms with Gasteiger partial charge in [0.05, 0.1) is 12.1 Å². The number of hydrogen-bond donors (Lipinski definition) is 0. The van der Waals surface area contributed by atoms with Gasteiger partial charge in [-0.25, -0.2) is 4.98 Å². The van der Waals surface area contributed by atoms with E-state index in [1.807, 2.05) is 12.3 Å². The lowest BCUT2D eigenvalue weighted by molar-refractivity contribution is -0.145. The minimum Gasteiger partial charge on any atom is -0.459 e. The smallest absolute Gasteiger partial charge is 0.306 e. The highest BCUT2D eigenvalue weighted by molar-refractivity contribution is 7.15. The second-order valence-electron chi connectivity index (χ2n) is 5.67. The van der Waals surface area contributed by atoms with Gasteiger partial charge in [0.1, 0.15) is 6.61 Å². The Bertz CT molecular complexity index is 1020. The molecule has 0 bridgehead atoms. The van der Waals surface area contributed by atoms with Crippen LogP contribution in [0.15, 0.2) is 40.5 Å². The maximum Gasteiger partial charge on any atom is 0.306 e. The van der Waals surface area contributed by atoms with Crippen LogP contribution < -0.4 is 5.56 Å². The van der Waals surface area contributed by atoms with Gasteiger partial charge in [0.15, 0.2) is 10.7 Å². The molecule has 0 aliphatic heterocycles. The topological polar surface area (TPSA) is 77.7 Å². The fourth-order valence-electron chi connectivity index (χ4n) is 2.40. The molecule has 0 radical (unpaired) electrons. The average Bonchev–Trinajstić information content (AvgIpc) is 3.00. The van der Waals surface area contributed by atoms with Crippen LogP contribution in [0.1, 0.15) is 34.6 Å². The molecule has 0 fully saturated rings. The highest BCUT2D eigenvalue weighted by Crippen LogP contribution is 2.13. The SMILES string of the molecule is Cc1csc2nc(COC(=O)CCC(=O)c3ccc(Cl)cc3)cc(=O)n12. The number of halogens is 1. The van der Waals surface area contributed by atoms with E-state index < -0.39 is 5.97 Å². The predicted molar refractivity (Wildman–Crippen MR) is 98.9 cm³/mol. The highest BCUT2D eigenvalue weighted by Gasteiger charge is 2.12. The Balaban J connectivity index is 1.55. The summed E-state index contributed by atoms with van der Waals surface area (Å²) in [6, 6.07) is 7.83. The Hall–Kier alpha value is -2.51. The summed E-state index contributed by atoms with van der Waals surface area (Å²) in [4.78, 5) is 40.8. The van der Waals surface area contributed by atoms with Gasteiger partial charge in [-0.2, -0.15) is 0 Å². The molecule has 3 aromatic rings. The summed E-state index contributed by atoms with van der Waals surface area (Å²) in [6.45, 7) is 1.72. The number of carbonyl (C=O) groups is 2. The molecule has 3 rings (SSSR count). The number of Topliss-reactive ketones (excluding diaryl/α,β-unsaturated/α-hetero) is 1. The van der Waals surface area contributed by atoms with E-state index in [1.165, 1.54) is 21.8 Å². The van der Waals surface area contributed by atoms with E-state index in [2.05, 4.69) is 4.98 Å². The maximum atomic E-state index is 12.1. The predicted octanol–water partition coefficient (Wildman–Crippen LogP) is 3.42. The number of ketones is 1. The van der Waals surface area contributed by atoms with Crippen LogP contribution in [0.3, 0.4) is 0 Å². The molecule has 26 heavy (non-hydrogen) atoms. The number of carbonyl (C=O) groups excluding carboxylic acids is 2. The lowest BCUT2D eigenvalue weighted by Crippen LogP contribution is -2.16. The molecule has 0 N–H and O–H groups in total. The minimum atomic E-state index is -0.517. The molecule has 0 aliphatic rings. The van der Waals surface area contributed by atoms with E-state index in [9.17, 15) is 14.4 Å². The Morgan fingerprint density at radius 2 is 1.96 bits per heavy atom. The summed E-state index contributed by atoms with van der Waals surface area (Å²) in [5.74, 6) is -0.679. The second kappa shape index (κ2) is 7.80. The van der Waals surface area contributed by atoms with E-state index in [0.29, 0.717) is 21.2 Å². The number of aryl methyl sites for hydroxylation is 1. The first-order chi connectivity index (χ1) is 12.4. The molecule has 0 amide bonds. The van der Waals surface area contributed by atoms with Crippen molar-refractivity contribution >= 4 is 39.7 Å². The van der Waals surface area contributed by atoms with Gasteiger partial charge in [0, 0.05) is 34.1 Å². The van der Waals surface area contributed by atoms with E-state index in [0.717, 1.165) is 5.69 Å². The number of aromatic nitrogens is 2. The molecule has 0 spiro atoms. The van der Waals surface area contributed by atoms with E-state index in [4.69, 9.17) is 16.3 Å². The summed E-state index contributed by atoms with van der Waals surface area (Å²) >= 11 is 7.12. The molecule has 2 heterocycles. The lowest BCUT2D eigenvalue weighted by atomic mass is 10.1. The molecular formula is C18H15ClN2O4S. The summed E-state index contributed by atoms with van der Waals surface area (Å²) in [5, 5.41) is 2.38. The number of ether oxygens (including phenoxy) is 1. The largest absolute Gasteiger partial charge is 0.459 e. The Morgan fingerprint density at radius 3 is 2.69 bits per heavy atom. The van der Waals surface area contributed by atoms with Crippen molar-refractivity contribution in [1.29, 1.82) is 0 Å². The Kier molecular flexibility index (Phi) is 5.49. The van der Waals surface area contributed by atoms with Gasteiger partial charge in [-0.05, 0) is 31.2 Å². The molecule has 1 aromatic carbocycles. The van der Waals surface area contributed by atoms with E-state index in [1.54, 1.807) is 24.3 Å². The monoisotopic (exact) mass is 390 g/mol. The fraction of sp³-hybridized carbons (Fsp3) is 0.222. The molecule has 0 saturated heterocycles. The molecule has 0 aliphatic carbocycles. The van der Waals surface area contributed by atoms with Crippen molar-refractivity contribution in [3.63, 3.8) is 0 Å². The second-order valence-corrected chi connectivity index (χ2v) is 6.94. The third-order valence-electron chi connectivity index (χ3n) is 3.73. The van der Waals surface area contributed by atoms with Gasteiger partial charge < -0.3 is 4.74 Å². The summed E-state index contributed by atoms with van der Waals surface area (Å²) < 4.78 is 6.63. The molecule has 0 unspecified atom stereocenters. The number of thiazole rings is 1. The molecule has 0 saturated carbocycles. The summed E-state index contributed by atoms with van der Waals surface area (Å²) in [6.07, 6.45) is 0.000498. The summed E-state index contributed by atoms with van der Waals surface area (Å²) in [5.41, 5.74) is 1.48. The Morgan fingerprint density at radius 1 is 1.23 bits per heavy atom. The van der Waals surface area contributed by atoms with E-state index >= 15 is 0 Å². The normalized spacial score (nSPS) is 10.8. The van der Waals surface area contributed by atoms with Crippen LogP contribution in [0.2, 0.25) is 5.02 Å². The fourth-order valence-corrected chi connectivity index (χ4v) is 3.41. The lowest BCUT2D eigenvalue weighted by Gasteiger charge is -2.05. The van der Waals surface area contributed by atoms with Crippen molar-refractivity contribution in [2.24, 2.45) is 0 Å². The first kappa shape index (κ1) is 18.3. The number of fused-ring (bicyclic) bond motifs is 1. The molecule has 8 heteroatoms. The first-order valence-corrected chi connectivity index (χ1v) is 9.11. The van der Waals surface area contributed by atoms with Gasteiger partial charge >= 0.3 is 5.97 Å². The number of esters is 1. The van der Waals surface area contributed by atoms with Crippen molar-refractivity contribution in [3.8, 4) is 0 Å². The molecule has 134 valence electrons. The first-order valence-electron chi connectivity index (χ1n) is 7.85. The van der Waals surface area contributed by atoms with E-state index in [-0.39, 0.29) is 30.8 Å². The average molecular weight is 391 g/mol. The minimum absolute atomic E-state index is 0.0409. The quantitative estimate of drug-likeness (QED) is 0.476. The van der Waals surface area contributed by atoms with Crippen LogP contribution in [0.5, 0.6) is 0 Å². The van der Waals surface area contributed by atoms with Gasteiger partial charge in [-0.3, -0.25) is 18.8 Å². The van der Waals surface area contributed by atoms with Crippen LogP contribution in [-0.4, -0.2) is 21.1 Å². The number of hydrogen-bond acceptors (Lipinski definition) is 6. The van der Waals surface area contributed by atoms with Crippen LogP contribution in [0.25, 0.3) is 4.96 Å².